The topological polar surface area (TPSA) is 125 Å². The minimum atomic E-state index is -0.789. The first-order chi connectivity index (χ1) is 12.3. The molecular formula is C17H12BrN3O5. The lowest BCUT2D eigenvalue weighted by Crippen LogP contribution is -2.13. The van der Waals surface area contributed by atoms with Crippen molar-refractivity contribution >= 4 is 39.3 Å². The number of anilines is 1. The lowest BCUT2D eigenvalue weighted by molar-refractivity contribution is -0.386. The Bertz CT molecular complexity index is 950. The van der Waals surface area contributed by atoms with Crippen molar-refractivity contribution in [1.82, 2.24) is 0 Å². The molecule has 0 saturated carbocycles. The van der Waals surface area contributed by atoms with Crippen LogP contribution in [0.2, 0.25) is 0 Å². The van der Waals surface area contributed by atoms with E-state index in [1.807, 2.05) is 0 Å². The van der Waals surface area contributed by atoms with Gasteiger partial charge in [-0.15, -0.1) is 0 Å². The van der Waals surface area contributed by atoms with Crippen LogP contribution in [0.15, 0.2) is 46.4 Å². The van der Waals surface area contributed by atoms with Gasteiger partial charge in [0.2, 0.25) is 5.75 Å². The van der Waals surface area contributed by atoms with Crippen LogP contribution in [0.1, 0.15) is 5.56 Å². The van der Waals surface area contributed by atoms with E-state index in [1.165, 1.54) is 19.3 Å². The largest absolute Gasteiger partial charge is 0.500 e. The molecule has 2 aromatic rings. The summed E-state index contributed by atoms with van der Waals surface area (Å²) < 4.78 is 5.64. The SMILES string of the molecule is COc1cc(C=C(C#N)C(=O)Nc2cccc(Br)c2)cc([N+](=O)[O-])c1O. The number of nitro benzene ring substituents is 1. The fraction of sp³-hybridized carbons (Fsp3) is 0.0588. The Kier molecular flexibility index (Phi) is 5.93. The van der Waals surface area contributed by atoms with Gasteiger partial charge in [0, 0.05) is 16.2 Å². The number of nitriles is 1. The zero-order valence-corrected chi connectivity index (χ0v) is 15.0. The average molecular weight is 418 g/mol. The summed E-state index contributed by atoms with van der Waals surface area (Å²) in [5.41, 5.74) is -0.237. The average Bonchev–Trinajstić information content (AvgIpc) is 2.60. The van der Waals surface area contributed by atoms with Crippen LogP contribution in [-0.4, -0.2) is 23.0 Å². The van der Waals surface area contributed by atoms with E-state index in [4.69, 9.17) is 4.74 Å². The Hall–Kier alpha value is -3.38. The number of amides is 1. The van der Waals surface area contributed by atoms with Crippen LogP contribution in [0.25, 0.3) is 6.08 Å². The third-order valence-electron chi connectivity index (χ3n) is 3.25. The summed E-state index contributed by atoms with van der Waals surface area (Å²) >= 11 is 3.27. The molecule has 2 rings (SSSR count). The fourth-order valence-corrected chi connectivity index (χ4v) is 2.47. The minimum Gasteiger partial charge on any atom is -0.500 e. The molecule has 0 aliphatic rings. The van der Waals surface area contributed by atoms with Crippen molar-refractivity contribution in [2.75, 3.05) is 12.4 Å². The van der Waals surface area contributed by atoms with E-state index in [9.17, 15) is 25.3 Å². The number of hydrogen-bond acceptors (Lipinski definition) is 6. The number of nitrogens with zero attached hydrogens (tertiary/aromatic N) is 2. The quantitative estimate of drug-likeness (QED) is 0.331. The number of carbonyl (C=O) groups excluding carboxylic acids is 1. The molecule has 132 valence electrons. The molecule has 0 aliphatic carbocycles. The normalized spacial score (nSPS) is 10.7. The summed E-state index contributed by atoms with van der Waals surface area (Å²) in [6, 6.07) is 10.9. The third-order valence-corrected chi connectivity index (χ3v) is 3.75. The molecule has 0 radical (unpaired) electrons. The second kappa shape index (κ2) is 8.13. The maximum atomic E-state index is 12.3. The molecule has 0 unspecified atom stereocenters. The van der Waals surface area contributed by atoms with Crippen molar-refractivity contribution in [3.05, 3.63) is 62.1 Å². The van der Waals surface area contributed by atoms with Crippen molar-refractivity contribution in [1.29, 1.82) is 5.26 Å². The van der Waals surface area contributed by atoms with Crippen molar-refractivity contribution in [2.24, 2.45) is 0 Å². The van der Waals surface area contributed by atoms with Crippen LogP contribution < -0.4 is 10.1 Å². The molecule has 0 aliphatic heterocycles. The number of phenolic OH excluding ortho intramolecular Hbond substituents is 1. The molecule has 26 heavy (non-hydrogen) atoms. The predicted molar refractivity (Wildman–Crippen MR) is 97.7 cm³/mol. The van der Waals surface area contributed by atoms with Gasteiger partial charge in [0.05, 0.1) is 12.0 Å². The number of ether oxygens (including phenoxy) is 1. The summed E-state index contributed by atoms with van der Waals surface area (Å²) in [4.78, 5) is 22.5. The molecule has 0 saturated heterocycles. The number of rotatable bonds is 5. The summed E-state index contributed by atoms with van der Waals surface area (Å²) in [6.45, 7) is 0. The van der Waals surface area contributed by atoms with E-state index < -0.39 is 22.3 Å². The van der Waals surface area contributed by atoms with Gasteiger partial charge >= 0.3 is 5.69 Å². The predicted octanol–water partition coefficient (Wildman–Crippen LogP) is 3.62. The Morgan fingerprint density at radius 2 is 2.15 bits per heavy atom. The summed E-state index contributed by atoms with van der Waals surface area (Å²) in [7, 11) is 1.23. The molecule has 0 spiro atoms. The fourth-order valence-electron chi connectivity index (χ4n) is 2.07. The number of halogens is 1. The molecule has 0 heterocycles. The van der Waals surface area contributed by atoms with Gasteiger partial charge in [-0.05, 0) is 35.9 Å². The standard InChI is InChI=1S/C17H12BrN3O5/c1-26-15-7-10(6-14(16(15)22)21(24)25)5-11(9-19)17(23)20-13-4-2-3-12(18)8-13/h2-8,22H,1H3,(H,20,23). The molecule has 8 nitrogen and oxygen atoms in total. The van der Waals surface area contributed by atoms with Crippen molar-refractivity contribution < 1.29 is 19.6 Å². The van der Waals surface area contributed by atoms with Crippen molar-refractivity contribution in [3.63, 3.8) is 0 Å². The molecule has 1 amide bonds. The van der Waals surface area contributed by atoms with Crippen LogP contribution in [0, 0.1) is 21.4 Å². The minimum absolute atomic E-state index is 0.143. The highest BCUT2D eigenvalue weighted by Crippen LogP contribution is 2.37. The number of phenols is 1. The van der Waals surface area contributed by atoms with Crippen molar-refractivity contribution in [2.45, 2.75) is 0 Å². The number of methoxy groups -OCH3 is 1. The molecule has 0 atom stereocenters. The van der Waals surface area contributed by atoms with Crippen LogP contribution in [0.5, 0.6) is 11.5 Å². The van der Waals surface area contributed by atoms with Gasteiger partial charge in [-0.25, -0.2) is 0 Å². The smallest absolute Gasteiger partial charge is 0.315 e. The molecule has 0 fully saturated rings. The number of hydrogen-bond donors (Lipinski definition) is 2. The van der Waals surface area contributed by atoms with E-state index in [-0.39, 0.29) is 16.9 Å². The van der Waals surface area contributed by atoms with Gasteiger partial charge in [-0.3, -0.25) is 14.9 Å². The van der Waals surface area contributed by atoms with Crippen LogP contribution in [0.3, 0.4) is 0 Å². The molecular weight excluding hydrogens is 406 g/mol. The molecule has 0 bridgehead atoms. The van der Waals surface area contributed by atoms with Gasteiger partial charge in [-0.1, -0.05) is 22.0 Å². The second-order valence-corrected chi connectivity index (χ2v) is 5.90. The van der Waals surface area contributed by atoms with Crippen molar-refractivity contribution in [3.8, 4) is 17.6 Å². The first-order valence-electron chi connectivity index (χ1n) is 7.09. The number of nitro groups is 1. The summed E-state index contributed by atoms with van der Waals surface area (Å²) in [5.74, 6) is -1.46. The first kappa shape index (κ1) is 19.0. The van der Waals surface area contributed by atoms with Gasteiger partial charge in [-0.2, -0.15) is 5.26 Å². The van der Waals surface area contributed by atoms with Crippen LogP contribution in [0.4, 0.5) is 11.4 Å². The van der Waals surface area contributed by atoms with E-state index in [0.29, 0.717) is 5.69 Å². The van der Waals surface area contributed by atoms with E-state index >= 15 is 0 Å². The first-order valence-corrected chi connectivity index (χ1v) is 7.89. The lowest BCUT2D eigenvalue weighted by atomic mass is 10.1. The zero-order chi connectivity index (χ0) is 19.3. The van der Waals surface area contributed by atoms with Gasteiger partial charge in [0.25, 0.3) is 5.91 Å². The van der Waals surface area contributed by atoms with E-state index in [2.05, 4.69) is 21.2 Å². The lowest BCUT2D eigenvalue weighted by Gasteiger charge is -2.07. The monoisotopic (exact) mass is 417 g/mol. The maximum absolute atomic E-state index is 12.3. The number of benzene rings is 2. The summed E-state index contributed by atoms with van der Waals surface area (Å²) in [5, 5.41) is 32.6. The van der Waals surface area contributed by atoms with Gasteiger partial charge in [0.1, 0.15) is 11.6 Å². The number of carbonyl (C=O) groups is 1. The highest BCUT2D eigenvalue weighted by molar-refractivity contribution is 9.10. The highest BCUT2D eigenvalue weighted by Gasteiger charge is 2.20. The van der Waals surface area contributed by atoms with Crippen LogP contribution >= 0.6 is 15.9 Å². The van der Waals surface area contributed by atoms with Gasteiger partial charge in [0.15, 0.2) is 5.75 Å². The zero-order valence-electron chi connectivity index (χ0n) is 13.4. The second-order valence-electron chi connectivity index (χ2n) is 4.98. The van der Waals surface area contributed by atoms with Crippen LogP contribution in [-0.2, 0) is 4.79 Å². The Balaban J connectivity index is 2.39. The Morgan fingerprint density at radius 3 is 2.73 bits per heavy atom. The molecule has 2 aromatic carbocycles. The number of nitrogens with one attached hydrogen (secondary N) is 1. The Labute approximate surface area is 156 Å². The highest BCUT2D eigenvalue weighted by atomic mass is 79.9. The summed E-state index contributed by atoms with van der Waals surface area (Å²) in [6.07, 6.45) is 1.17. The third kappa shape index (κ3) is 4.37. The molecule has 0 aromatic heterocycles. The van der Waals surface area contributed by atoms with E-state index in [1.54, 1.807) is 30.3 Å². The van der Waals surface area contributed by atoms with Gasteiger partial charge < -0.3 is 15.2 Å². The molecule has 2 N–H and O–H groups in total. The maximum Gasteiger partial charge on any atom is 0.315 e. The molecule has 9 heteroatoms. The Morgan fingerprint density at radius 1 is 1.42 bits per heavy atom. The van der Waals surface area contributed by atoms with E-state index in [0.717, 1.165) is 10.5 Å². The number of aromatic hydroxyl groups is 1.